The van der Waals surface area contributed by atoms with Crippen LogP contribution in [-0.2, 0) is 6.54 Å². The summed E-state index contributed by atoms with van der Waals surface area (Å²) in [5.74, 6) is 0.280. The lowest BCUT2D eigenvalue weighted by Crippen LogP contribution is -2.16. The van der Waals surface area contributed by atoms with Gasteiger partial charge < -0.3 is 9.47 Å². The molecule has 0 saturated carbocycles. The average Bonchev–Trinajstić information content (AvgIpc) is 2.97. The topological polar surface area (TPSA) is 37.6 Å². The Balaban J connectivity index is 2.03. The second-order valence-corrected chi connectivity index (χ2v) is 7.88. The normalized spacial score (nSPS) is 12.2. The number of nitrogens with zero attached hydrogens (tertiary/aromatic N) is 3. The molecule has 0 aliphatic carbocycles. The van der Waals surface area contributed by atoms with Crippen LogP contribution in [0.1, 0.15) is 42.6 Å². The van der Waals surface area contributed by atoms with Crippen LogP contribution >= 0.6 is 11.3 Å². The lowest BCUT2D eigenvalue weighted by Gasteiger charge is -2.11. The summed E-state index contributed by atoms with van der Waals surface area (Å²) in [6.07, 6.45) is 0. The molecule has 1 amide bonds. The summed E-state index contributed by atoms with van der Waals surface area (Å²) >= 11 is 1.58. The lowest BCUT2D eigenvalue weighted by atomic mass is 10.0. The van der Waals surface area contributed by atoms with E-state index in [2.05, 4.69) is 48.5 Å². The van der Waals surface area contributed by atoms with Gasteiger partial charge in [-0.25, -0.2) is 0 Å². The van der Waals surface area contributed by atoms with E-state index in [9.17, 15) is 4.79 Å². The predicted molar refractivity (Wildman–Crippen MR) is 110 cm³/mol. The number of aromatic nitrogens is 1. The van der Waals surface area contributed by atoms with Crippen LogP contribution in [-0.4, -0.2) is 24.6 Å². The minimum atomic E-state index is -0.201. The Morgan fingerprint density at radius 1 is 1.15 bits per heavy atom. The summed E-state index contributed by atoms with van der Waals surface area (Å²) in [5, 5.41) is 0. The zero-order valence-corrected chi connectivity index (χ0v) is 16.8. The summed E-state index contributed by atoms with van der Waals surface area (Å²) in [6, 6.07) is 14.1. The number of fused-ring (bicyclic) bond motifs is 1. The molecule has 0 atom stereocenters. The number of aryl methyl sites for hydroxylation is 1. The molecule has 26 heavy (non-hydrogen) atoms. The number of benzene rings is 2. The van der Waals surface area contributed by atoms with Gasteiger partial charge in [0.15, 0.2) is 4.80 Å². The quantitative estimate of drug-likeness (QED) is 0.673. The Hall–Kier alpha value is -2.40. The van der Waals surface area contributed by atoms with Gasteiger partial charge >= 0.3 is 0 Å². The van der Waals surface area contributed by atoms with E-state index in [4.69, 9.17) is 0 Å². The van der Waals surface area contributed by atoms with Crippen LogP contribution in [0, 0.1) is 0 Å². The molecule has 136 valence electrons. The third-order valence-electron chi connectivity index (χ3n) is 4.52. The van der Waals surface area contributed by atoms with Crippen molar-refractivity contribution in [3.8, 4) is 0 Å². The first kappa shape index (κ1) is 18.4. The molecule has 0 fully saturated rings. The van der Waals surface area contributed by atoms with E-state index >= 15 is 0 Å². The van der Waals surface area contributed by atoms with Crippen LogP contribution in [0.5, 0.6) is 0 Å². The zero-order valence-electron chi connectivity index (χ0n) is 16.0. The largest absolute Gasteiger partial charge is 0.378 e. The molecule has 1 aromatic heterocycles. The Kier molecular flexibility index (Phi) is 5.28. The van der Waals surface area contributed by atoms with Crippen molar-refractivity contribution in [1.29, 1.82) is 0 Å². The number of carbonyl (C=O) groups excluding carboxylic acids is 1. The second kappa shape index (κ2) is 7.46. The van der Waals surface area contributed by atoms with Gasteiger partial charge in [0.1, 0.15) is 0 Å². The molecule has 3 aromatic rings. The van der Waals surface area contributed by atoms with Crippen LogP contribution < -0.4 is 9.70 Å². The van der Waals surface area contributed by atoms with Gasteiger partial charge in [-0.3, -0.25) is 4.79 Å². The molecule has 1 heterocycles. The average molecular weight is 368 g/mol. The third-order valence-corrected chi connectivity index (χ3v) is 5.56. The molecule has 0 spiro atoms. The van der Waals surface area contributed by atoms with E-state index in [-0.39, 0.29) is 5.91 Å². The van der Waals surface area contributed by atoms with Crippen molar-refractivity contribution in [1.82, 2.24) is 4.57 Å². The van der Waals surface area contributed by atoms with Gasteiger partial charge in [-0.2, -0.15) is 4.99 Å². The molecule has 0 bridgehead atoms. The summed E-state index contributed by atoms with van der Waals surface area (Å²) < 4.78 is 3.28. The number of amides is 1. The Morgan fingerprint density at radius 3 is 2.42 bits per heavy atom. The minimum Gasteiger partial charge on any atom is -0.378 e. The number of hydrogen-bond acceptors (Lipinski definition) is 3. The third kappa shape index (κ3) is 3.58. The summed E-state index contributed by atoms with van der Waals surface area (Å²) in [4.78, 5) is 19.8. The maximum absolute atomic E-state index is 12.6. The highest BCUT2D eigenvalue weighted by Crippen LogP contribution is 2.23. The van der Waals surface area contributed by atoms with Gasteiger partial charge in [0.05, 0.1) is 10.2 Å². The molecular formula is C21H25N3OS. The van der Waals surface area contributed by atoms with Crippen LogP contribution in [0.2, 0.25) is 0 Å². The zero-order chi connectivity index (χ0) is 18.8. The molecule has 0 unspecified atom stereocenters. The second-order valence-electron chi connectivity index (χ2n) is 6.87. The summed E-state index contributed by atoms with van der Waals surface area (Å²) in [5.41, 5.74) is 4.11. The molecule has 0 radical (unpaired) electrons. The monoisotopic (exact) mass is 367 g/mol. The van der Waals surface area contributed by atoms with Crippen LogP contribution in [0.4, 0.5) is 5.69 Å². The van der Waals surface area contributed by atoms with E-state index in [1.54, 1.807) is 11.3 Å². The molecule has 5 heteroatoms. The first-order valence-corrected chi connectivity index (χ1v) is 9.72. The fourth-order valence-corrected chi connectivity index (χ4v) is 4.03. The highest BCUT2D eigenvalue weighted by molar-refractivity contribution is 7.16. The van der Waals surface area contributed by atoms with Gasteiger partial charge in [-0.1, -0.05) is 31.3 Å². The van der Waals surface area contributed by atoms with Crippen molar-refractivity contribution in [3.63, 3.8) is 0 Å². The Morgan fingerprint density at radius 2 is 1.85 bits per heavy atom. The summed E-state index contributed by atoms with van der Waals surface area (Å²) in [6.45, 7) is 7.24. The standard InChI is InChI=1S/C21H25N3OS/c1-6-24-18-12-9-16(14(2)3)13-19(18)26-21(24)22-20(25)15-7-10-17(11-8-15)23(4)5/h7-14H,6H2,1-5H3. The van der Waals surface area contributed by atoms with Crippen LogP contribution in [0.25, 0.3) is 10.2 Å². The van der Waals surface area contributed by atoms with Crippen molar-refractivity contribution >= 4 is 33.1 Å². The Bertz CT molecular complexity index is 994. The smallest absolute Gasteiger partial charge is 0.279 e. The van der Waals surface area contributed by atoms with Crippen molar-refractivity contribution in [2.75, 3.05) is 19.0 Å². The maximum Gasteiger partial charge on any atom is 0.279 e. The van der Waals surface area contributed by atoms with Gasteiger partial charge in [0, 0.05) is 31.9 Å². The lowest BCUT2D eigenvalue weighted by molar-refractivity contribution is 0.0998. The number of hydrogen-bond donors (Lipinski definition) is 0. The summed E-state index contributed by atoms with van der Waals surface area (Å²) in [7, 11) is 3.96. The SMILES string of the molecule is CCn1c(=NC(=O)c2ccc(N(C)C)cc2)sc2cc(C(C)C)ccc21. The van der Waals surface area contributed by atoms with Crippen LogP contribution in [0.3, 0.4) is 0 Å². The van der Waals surface area contributed by atoms with E-state index in [1.165, 1.54) is 10.3 Å². The predicted octanol–water partition coefficient (Wildman–Crippen LogP) is 4.65. The molecule has 4 nitrogen and oxygen atoms in total. The van der Waals surface area contributed by atoms with Gasteiger partial charge in [0.2, 0.25) is 0 Å². The minimum absolute atomic E-state index is 0.201. The van der Waals surface area contributed by atoms with Gasteiger partial charge in [-0.15, -0.1) is 0 Å². The van der Waals surface area contributed by atoms with E-state index < -0.39 is 0 Å². The molecule has 0 aliphatic heterocycles. The number of thiazole rings is 1. The molecule has 2 aromatic carbocycles. The van der Waals surface area contributed by atoms with Gasteiger partial charge in [0.25, 0.3) is 5.91 Å². The first-order chi connectivity index (χ1) is 12.4. The van der Waals surface area contributed by atoms with E-state index in [0.717, 1.165) is 22.6 Å². The fourth-order valence-electron chi connectivity index (χ4n) is 2.89. The van der Waals surface area contributed by atoms with Crippen molar-refractivity contribution in [3.05, 3.63) is 58.4 Å². The molecule has 0 aliphatic rings. The van der Waals surface area contributed by atoms with Crippen molar-refractivity contribution < 1.29 is 4.79 Å². The highest BCUT2D eigenvalue weighted by Gasteiger charge is 2.10. The maximum atomic E-state index is 12.6. The van der Waals surface area contributed by atoms with E-state index in [1.807, 2.05) is 43.3 Å². The highest BCUT2D eigenvalue weighted by atomic mass is 32.1. The van der Waals surface area contributed by atoms with Crippen molar-refractivity contribution in [2.45, 2.75) is 33.2 Å². The van der Waals surface area contributed by atoms with Gasteiger partial charge in [-0.05, 0) is 54.8 Å². The fraction of sp³-hybridized carbons (Fsp3) is 0.333. The first-order valence-electron chi connectivity index (χ1n) is 8.90. The number of anilines is 1. The Labute approximate surface area is 158 Å². The van der Waals surface area contributed by atoms with Crippen molar-refractivity contribution in [2.24, 2.45) is 4.99 Å². The molecular weight excluding hydrogens is 342 g/mol. The number of carbonyl (C=O) groups is 1. The van der Waals surface area contributed by atoms with E-state index in [0.29, 0.717) is 11.5 Å². The molecule has 3 rings (SSSR count). The number of rotatable bonds is 4. The van der Waals surface area contributed by atoms with Crippen LogP contribution in [0.15, 0.2) is 47.5 Å². The molecule has 0 saturated heterocycles. The molecule has 0 N–H and O–H groups in total.